The van der Waals surface area contributed by atoms with E-state index in [0.29, 0.717) is 29.2 Å². The van der Waals surface area contributed by atoms with Crippen LogP contribution in [0.25, 0.3) is 0 Å². The Morgan fingerprint density at radius 1 is 1.11 bits per heavy atom. The maximum absolute atomic E-state index is 13.0. The van der Waals surface area contributed by atoms with Gasteiger partial charge in [-0.2, -0.15) is 17.5 Å². The summed E-state index contributed by atoms with van der Waals surface area (Å²) in [4.78, 5) is 12.9. The highest BCUT2D eigenvalue weighted by Crippen LogP contribution is 2.36. The average molecular weight is 578 g/mol. The Balaban J connectivity index is 1.40. The van der Waals surface area contributed by atoms with Gasteiger partial charge >= 0.3 is 6.18 Å². The zero-order valence-electron chi connectivity index (χ0n) is 18.6. The molecule has 5 nitrogen and oxygen atoms in total. The minimum Gasteiger partial charge on any atom is -0.456 e. The van der Waals surface area contributed by atoms with Crippen LogP contribution >= 0.6 is 34.5 Å². The van der Waals surface area contributed by atoms with Gasteiger partial charge in [0.2, 0.25) is 0 Å². The lowest BCUT2D eigenvalue weighted by Crippen LogP contribution is -2.40. The molecule has 0 radical (unpaired) electrons. The molecule has 1 fully saturated rings. The molecule has 36 heavy (non-hydrogen) atoms. The molecule has 2 heterocycles. The predicted molar refractivity (Wildman–Crippen MR) is 133 cm³/mol. The van der Waals surface area contributed by atoms with Crippen molar-refractivity contribution in [2.75, 3.05) is 6.54 Å². The quantitative estimate of drug-likeness (QED) is 0.283. The molecule has 0 N–H and O–H groups in total. The van der Waals surface area contributed by atoms with E-state index in [2.05, 4.69) is 0 Å². The van der Waals surface area contributed by atoms with Crippen LogP contribution in [0.4, 0.5) is 13.2 Å². The number of carbonyl (C=O) groups is 1. The van der Waals surface area contributed by atoms with E-state index in [1.165, 1.54) is 34.6 Å². The monoisotopic (exact) mass is 577 g/mol. The van der Waals surface area contributed by atoms with Crippen molar-refractivity contribution < 1.29 is 31.1 Å². The van der Waals surface area contributed by atoms with Gasteiger partial charge in [-0.25, -0.2) is 8.42 Å². The van der Waals surface area contributed by atoms with Gasteiger partial charge in [0.15, 0.2) is 5.78 Å². The maximum atomic E-state index is 13.0. The molecular formula is C24H20Cl2F3NO4S2. The number of hydrogen-bond donors (Lipinski definition) is 0. The minimum absolute atomic E-state index is 0.00999. The van der Waals surface area contributed by atoms with E-state index in [1.807, 2.05) is 0 Å². The number of thiophene rings is 1. The molecular weight excluding hydrogens is 558 g/mol. The summed E-state index contributed by atoms with van der Waals surface area (Å²) in [5.74, 6) is -0.0305. The van der Waals surface area contributed by atoms with Gasteiger partial charge in [0, 0.05) is 13.0 Å². The van der Waals surface area contributed by atoms with Crippen LogP contribution in [0, 0.1) is 0 Å². The number of ketones is 1. The molecule has 4 rings (SSSR count). The van der Waals surface area contributed by atoms with Gasteiger partial charge in [0.05, 0.1) is 21.0 Å². The highest BCUT2D eigenvalue weighted by atomic mass is 35.5. The van der Waals surface area contributed by atoms with E-state index in [9.17, 15) is 26.4 Å². The van der Waals surface area contributed by atoms with Crippen LogP contribution in [-0.2, 0) is 27.4 Å². The third kappa shape index (κ3) is 6.06. The first-order valence-corrected chi connectivity index (χ1v) is 13.9. The van der Waals surface area contributed by atoms with Crippen LogP contribution in [0.3, 0.4) is 0 Å². The second-order valence-corrected chi connectivity index (χ2v) is 12.4. The molecule has 0 spiro atoms. The van der Waals surface area contributed by atoms with Gasteiger partial charge in [0.1, 0.15) is 15.7 Å². The molecule has 0 bridgehead atoms. The highest BCUT2D eigenvalue weighted by molar-refractivity contribution is 7.91. The molecule has 1 aliphatic rings. The molecule has 0 unspecified atom stereocenters. The summed E-state index contributed by atoms with van der Waals surface area (Å²) in [7, 11) is -3.81. The molecule has 1 saturated heterocycles. The van der Waals surface area contributed by atoms with Gasteiger partial charge in [-0.1, -0.05) is 35.3 Å². The molecule has 1 aliphatic heterocycles. The van der Waals surface area contributed by atoms with Gasteiger partial charge in [-0.05, 0) is 67.3 Å². The number of halogens is 5. The number of nitrogens with zero attached hydrogens (tertiary/aromatic N) is 1. The SMILES string of the molecule is O=C(CCc1ccc(Oc2cccc(C(F)(F)F)c2)c(Cl)c1)[C@@H]1CCCN1S(=O)(=O)c1ccc(Cl)s1. The molecule has 0 amide bonds. The molecule has 2 aromatic carbocycles. The van der Waals surface area contributed by atoms with Crippen molar-refractivity contribution in [2.24, 2.45) is 0 Å². The number of aryl methyl sites for hydroxylation is 1. The fourth-order valence-corrected chi connectivity index (χ4v) is 7.51. The summed E-state index contributed by atoms with van der Waals surface area (Å²) in [6, 6.07) is 11.4. The number of hydrogen-bond acceptors (Lipinski definition) is 5. The van der Waals surface area contributed by atoms with Crippen molar-refractivity contribution in [1.29, 1.82) is 0 Å². The summed E-state index contributed by atoms with van der Waals surface area (Å²) in [6.45, 7) is 0.266. The fraction of sp³-hybridized carbons (Fsp3) is 0.292. The second kappa shape index (κ2) is 10.7. The molecule has 0 aliphatic carbocycles. The van der Waals surface area contributed by atoms with Crippen LogP contribution in [-0.4, -0.2) is 31.1 Å². The van der Waals surface area contributed by atoms with Gasteiger partial charge in [0.25, 0.3) is 10.0 Å². The smallest absolute Gasteiger partial charge is 0.416 e. The Kier molecular flexibility index (Phi) is 8.01. The molecule has 1 aromatic heterocycles. The summed E-state index contributed by atoms with van der Waals surface area (Å²) in [6.07, 6.45) is -3.04. The van der Waals surface area contributed by atoms with E-state index in [0.717, 1.165) is 23.5 Å². The van der Waals surface area contributed by atoms with E-state index >= 15 is 0 Å². The Hall–Kier alpha value is -2.11. The zero-order chi connectivity index (χ0) is 26.1. The number of ether oxygens (including phenoxy) is 1. The Labute approximate surface area is 220 Å². The van der Waals surface area contributed by atoms with E-state index in [1.54, 1.807) is 12.1 Å². The first kappa shape index (κ1) is 26.9. The second-order valence-electron chi connectivity index (χ2n) is 8.19. The van der Waals surface area contributed by atoms with Crippen molar-refractivity contribution in [3.63, 3.8) is 0 Å². The molecule has 0 saturated carbocycles. The van der Waals surface area contributed by atoms with Gasteiger partial charge < -0.3 is 4.74 Å². The van der Waals surface area contributed by atoms with Gasteiger partial charge in [-0.15, -0.1) is 11.3 Å². The maximum Gasteiger partial charge on any atom is 0.416 e. The fourth-order valence-electron chi connectivity index (χ4n) is 3.98. The lowest BCUT2D eigenvalue weighted by molar-refractivity contribution is -0.137. The van der Waals surface area contributed by atoms with Crippen molar-refractivity contribution in [1.82, 2.24) is 4.31 Å². The number of benzene rings is 2. The Morgan fingerprint density at radius 2 is 1.89 bits per heavy atom. The van der Waals surface area contributed by atoms with Crippen molar-refractivity contribution in [2.45, 2.75) is 42.1 Å². The largest absolute Gasteiger partial charge is 0.456 e. The molecule has 1 atom stereocenters. The Bertz CT molecular complexity index is 1380. The third-order valence-electron chi connectivity index (χ3n) is 5.73. The highest BCUT2D eigenvalue weighted by Gasteiger charge is 2.39. The first-order valence-electron chi connectivity index (χ1n) is 10.9. The number of rotatable bonds is 8. The van der Waals surface area contributed by atoms with Crippen LogP contribution < -0.4 is 4.74 Å². The van der Waals surface area contributed by atoms with Crippen LogP contribution in [0.2, 0.25) is 9.36 Å². The molecule has 192 valence electrons. The Morgan fingerprint density at radius 3 is 2.56 bits per heavy atom. The zero-order valence-corrected chi connectivity index (χ0v) is 21.7. The lowest BCUT2D eigenvalue weighted by atomic mass is 10.0. The number of carbonyl (C=O) groups excluding carboxylic acids is 1. The van der Waals surface area contributed by atoms with E-state index in [4.69, 9.17) is 27.9 Å². The van der Waals surface area contributed by atoms with Crippen molar-refractivity contribution in [3.05, 3.63) is 75.1 Å². The predicted octanol–water partition coefficient (Wildman–Crippen LogP) is 7.22. The van der Waals surface area contributed by atoms with E-state index < -0.39 is 27.8 Å². The number of alkyl halides is 3. The van der Waals surface area contributed by atoms with Crippen molar-refractivity contribution >= 4 is 50.3 Å². The van der Waals surface area contributed by atoms with E-state index in [-0.39, 0.29) is 39.5 Å². The van der Waals surface area contributed by atoms with Crippen LogP contribution in [0.1, 0.15) is 30.4 Å². The number of sulfonamides is 1. The third-order valence-corrected chi connectivity index (χ3v) is 9.63. The van der Waals surface area contributed by atoms with Crippen LogP contribution in [0.15, 0.2) is 58.8 Å². The standard InChI is InChI=1S/C24H20Cl2F3NO4S2/c25-18-13-15(7-9-21(18)34-17-4-1-3-16(14-17)24(27,28)29)6-8-20(31)19-5-2-12-30(19)36(32,33)23-11-10-22(26)35-23/h1,3-4,7,9-11,13-14,19H,2,5-6,8,12H2/t19-/m0/s1. The van der Waals surface area contributed by atoms with Crippen LogP contribution in [0.5, 0.6) is 11.5 Å². The minimum atomic E-state index is -4.50. The average Bonchev–Trinajstić information content (AvgIpc) is 3.49. The lowest BCUT2D eigenvalue weighted by Gasteiger charge is -2.22. The topological polar surface area (TPSA) is 63.7 Å². The molecule has 12 heteroatoms. The first-order chi connectivity index (χ1) is 16.9. The van der Waals surface area contributed by atoms with Gasteiger partial charge in [-0.3, -0.25) is 4.79 Å². The summed E-state index contributed by atoms with van der Waals surface area (Å²) in [5.41, 5.74) is -0.126. The normalized spacial score (nSPS) is 16.9. The summed E-state index contributed by atoms with van der Waals surface area (Å²) >= 11 is 13.1. The van der Waals surface area contributed by atoms with Crippen molar-refractivity contribution in [3.8, 4) is 11.5 Å². The summed E-state index contributed by atoms with van der Waals surface area (Å²) < 4.78 is 72.0. The number of Topliss-reactive ketones (excluding diaryl/α,β-unsaturated/α-hetero) is 1. The molecule has 3 aromatic rings. The summed E-state index contributed by atoms with van der Waals surface area (Å²) in [5, 5.41) is 0.178.